The molecular formula is C28H42O3. The summed E-state index contributed by atoms with van der Waals surface area (Å²) in [6.45, 7) is 15.7. The lowest BCUT2D eigenvalue weighted by atomic mass is 9.73. The second-order valence-corrected chi connectivity index (χ2v) is 10.4. The van der Waals surface area contributed by atoms with Crippen LogP contribution in [0.3, 0.4) is 0 Å². The maximum absolute atomic E-state index is 13.3. The van der Waals surface area contributed by atoms with Crippen LogP contribution in [0.2, 0.25) is 0 Å². The van der Waals surface area contributed by atoms with Crippen LogP contribution < -0.4 is 0 Å². The fourth-order valence-electron chi connectivity index (χ4n) is 3.83. The molecule has 31 heavy (non-hydrogen) atoms. The van der Waals surface area contributed by atoms with Gasteiger partial charge >= 0.3 is 0 Å². The smallest absolute Gasteiger partial charge is 0.159 e. The first-order valence-corrected chi connectivity index (χ1v) is 11.7. The monoisotopic (exact) mass is 426 g/mol. The van der Waals surface area contributed by atoms with Crippen molar-refractivity contribution in [3.8, 4) is 0 Å². The Labute approximate surface area is 189 Å². The number of hydrogen-bond donors (Lipinski definition) is 0. The molecule has 0 fully saturated rings. The molecule has 0 N–H and O–H groups in total. The Morgan fingerprint density at radius 2 is 1.55 bits per heavy atom. The Kier molecular flexibility index (Phi) is 10.6. The molecule has 0 saturated carbocycles. The maximum atomic E-state index is 13.3. The quantitative estimate of drug-likeness (QED) is 0.352. The summed E-state index contributed by atoms with van der Waals surface area (Å²) in [7, 11) is 0. The summed E-state index contributed by atoms with van der Waals surface area (Å²) in [5.41, 5.74) is 1.83. The van der Waals surface area contributed by atoms with Crippen molar-refractivity contribution in [2.45, 2.75) is 81.1 Å². The predicted octanol–water partition coefficient (Wildman–Crippen LogP) is 6.64. The molecule has 0 aromatic heterocycles. The average Bonchev–Trinajstić information content (AvgIpc) is 2.68. The third kappa shape index (κ3) is 8.93. The zero-order valence-corrected chi connectivity index (χ0v) is 20.8. The number of hydrogen-bond acceptors (Lipinski definition) is 3. The van der Waals surface area contributed by atoms with Crippen molar-refractivity contribution < 1.29 is 14.4 Å². The summed E-state index contributed by atoms with van der Waals surface area (Å²) in [5, 5.41) is 0. The minimum absolute atomic E-state index is 0.00914. The van der Waals surface area contributed by atoms with Crippen molar-refractivity contribution in [1.82, 2.24) is 0 Å². The van der Waals surface area contributed by atoms with Gasteiger partial charge in [-0.1, -0.05) is 84.4 Å². The van der Waals surface area contributed by atoms with E-state index in [-0.39, 0.29) is 52.9 Å². The van der Waals surface area contributed by atoms with E-state index in [0.29, 0.717) is 12.8 Å². The molecule has 0 aliphatic heterocycles. The van der Waals surface area contributed by atoms with Gasteiger partial charge in [-0.15, -0.1) is 0 Å². The van der Waals surface area contributed by atoms with Gasteiger partial charge in [0.05, 0.1) is 0 Å². The minimum Gasteiger partial charge on any atom is -0.300 e. The van der Waals surface area contributed by atoms with Gasteiger partial charge in [0.15, 0.2) is 5.78 Å². The largest absolute Gasteiger partial charge is 0.300 e. The first kappa shape index (κ1) is 27.0. The zero-order valence-electron chi connectivity index (χ0n) is 20.8. The molecule has 1 aromatic rings. The van der Waals surface area contributed by atoms with Crippen LogP contribution in [0.25, 0.3) is 0 Å². The lowest BCUT2D eigenvalue weighted by molar-refractivity contribution is -0.130. The first-order valence-electron chi connectivity index (χ1n) is 11.7. The number of carbonyl (C=O) groups is 3. The zero-order chi connectivity index (χ0) is 23.8. The third-order valence-corrected chi connectivity index (χ3v) is 6.37. The molecule has 0 aliphatic carbocycles. The lowest BCUT2D eigenvalue weighted by Gasteiger charge is -2.30. The molecule has 172 valence electrons. The fraction of sp³-hybridized carbons (Fsp3) is 0.607. The van der Waals surface area contributed by atoms with Gasteiger partial charge in [-0.25, -0.2) is 0 Å². The molecule has 3 heteroatoms. The van der Waals surface area contributed by atoms with Gasteiger partial charge in [0.25, 0.3) is 0 Å². The number of Topliss-reactive ketones (excluding diaryl/α,β-unsaturated/α-hetero) is 2. The fourth-order valence-corrected chi connectivity index (χ4v) is 3.83. The Bertz CT molecular complexity index is 765. The van der Waals surface area contributed by atoms with Gasteiger partial charge in [-0.05, 0) is 49.2 Å². The summed E-state index contributed by atoms with van der Waals surface area (Å²) in [4.78, 5) is 38.3. The highest BCUT2D eigenvalue weighted by molar-refractivity contribution is 5.96. The second-order valence-electron chi connectivity index (χ2n) is 10.4. The third-order valence-electron chi connectivity index (χ3n) is 6.37. The normalized spacial score (nSPS) is 15.5. The Hall–Kier alpha value is -2.03. The molecular weight excluding hydrogens is 384 g/mol. The van der Waals surface area contributed by atoms with Crippen LogP contribution >= 0.6 is 0 Å². The molecule has 0 amide bonds. The highest BCUT2D eigenvalue weighted by atomic mass is 16.1. The lowest BCUT2D eigenvalue weighted by Crippen LogP contribution is -2.32. The summed E-state index contributed by atoms with van der Waals surface area (Å²) in [5.74, 6) is -0.0630. The molecule has 3 nitrogen and oxygen atoms in total. The van der Waals surface area contributed by atoms with Crippen molar-refractivity contribution in [3.63, 3.8) is 0 Å². The van der Waals surface area contributed by atoms with E-state index < -0.39 is 0 Å². The van der Waals surface area contributed by atoms with Gasteiger partial charge < -0.3 is 0 Å². The predicted molar refractivity (Wildman–Crippen MR) is 129 cm³/mol. The van der Waals surface area contributed by atoms with E-state index in [1.165, 1.54) is 0 Å². The Morgan fingerprint density at radius 3 is 2.00 bits per heavy atom. The van der Waals surface area contributed by atoms with E-state index in [1.54, 1.807) is 13.0 Å². The van der Waals surface area contributed by atoms with Crippen molar-refractivity contribution >= 4 is 17.3 Å². The second kappa shape index (κ2) is 12.1. The van der Waals surface area contributed by atoms with E-state index in [2.05, 4.69) is 26.0 Å². The van der Waals surface area contributed by atoms with Crippen molar-refractivity contribution in [1.29, 1.82) is 0 Å². The molecule has 1 aromatic carbocycles. The molecule has 3 unspecified atom stereocenters. The van der Waals surface area contributed by atoms with E-state index in [1.807, 2.05) is 52.8 Å². The van der Waals surface area contributed by atoms with Crippen LogP contribution in [-0.4, -0.2) is 17.3 Å². The summed E-state index contributed by atoms with van der Waals surface area (Å²) in [6, 6.07) is 10.1. The molecule has 0 bridgehead atoms. The molecule has 0 heterocycles. The van der Waals surface area contributed by atoms with Gasteiger partial charge in [-0.3, -0.25) is 14.4 Å². The molecule has 0 aliphatic rings. The molecule has 0 spiro atoms. The number of benzene rings is 1. The van der Waals surface area contributed by atoms with Crippen molar-refractivity contribution in [2.75, 3.05) is 0 Å². The Balaban J connectivity index is 3.07. The van der Waals surface area contributed by atoms with E-state index >= 15 is 0 Å². The van der Waals surface area contributed by atoms with Gasteiger partial charge in [0.1, 0.15) is 11.6 Å². The number of carbonyl (C=O) groups excluding carboxylic acids is 3. The van der Waals surface area contributed by atoms with E-state index in [4.69, 9.17) is 0 Å². The van der Waals surface area contributed by atoms with Crippen molar-refractivity contribution in [3.05, 3.63) is 47.5 Å². The first-order chi connectivity index (χ1) is 14.4. The van der Waals surface area contributed by atoms with Crippen LogP contribution in [0.15, 0.2) is 42.0 Å². The maximum Gasteiger partial charge on any atom is 0.159 e. The van der Waals surface area contributed by atoms with E-state index in [0.717, 1.165) is 17.6 Å². The van der Waals surface area contributed by atoms with Crippen LogP contribution in [0.4, 0.5) is 0 Å². The topological polar surface area (TPSA) is 51.2 Å². The van der Waals surface area contributed by atoms with Gasteiger partial charge in [0.2, 0.25) is 0 Å². The van der Waals surface area contributed by atoms with Crippen LogP contribution in [-0.2, 0) is 20.8 Å². The average molecular weight is 427 g/mol. The Morgan fingerprint density at radius 1 is 0.968 bits per heavy atom. The van der Waals surface area contributed by atoms with E-state index in [9.17, 15) is 14.4 Å². The molecule has 1 rings (SSSR count). The van der Waals surface area contributed by atoms with Crippen LogP contribution in [0.1, 0.15) is 80.2 Å². The molecule has 3 atom stereocenters. The van der Waals surface area contributed by atoms with Crippen molar-refractivity contribution in [2.24, 2.45) is 29.1 Å². The number of allylic oxidation sites excluding steroid dienone is 2. The summed E-state index contributed by atoms with van der Waals surface area (Å²) >= 11 is 0. The number of rotatable bonds is 12. The van der Waals surface area contributed by atoms with Crippen LogP contribution in [0.5, 0.6) is 0 Å². The summed E-state index contributed by atoms with van der Waals surface area (Å²) < 4.78 is 0. The summed E-state index contributed by atoms with van der Waals surface area (Å²) in [6.07, 6.45) is 4.06. The molecule has 0 saturated heterocycles. The van der Waals surface area contributed by atoms with Gasteiger partial charge in [-0.2, -0.15) is 0 Å². The minimum atomic E-state index is -0.369. The van der Waals surface area contributed by atoms with Gasteiger partial charge in [0, 0.05) is 24.2 Å². The number of ketones is 3. The standard InChI is InChI=1S/C28H42O3/c1-9-23(16-22-13-11-10-12-14-22)26(30)18-25(28(6,7)8)27(31)17-24(19(2)3)15-20(4)21(5)29/h10-14,17,19-20,23,25H,9,15-16,18H2,1-8H3/b24-17-. The molecule has 0 radical (unpaired) electrons. The SMILES string of the molecule is CCC(Cc1ccccc1)C(=O)CC(C(=O)/C=C(/CC(C)C(C)=O)C(C)C)C(C)(C)C. The van der Waals surface area contributed by atoms with Crippen LogP contribution in [0, 0.1) is 29.1 Å². The highest BCUT2D eigenvalue weighted by Crippen LogP contribution is 2.33. The highest BCUT2D eigenvalue weighted by Gasteiger charge is 2.34.